The van der Waals surface area contributed by atoms with Gasteiger partial charge in [-0.25, -0.2) is 0 Å². The first kappa shape index (κ1) is 17.5. The Bertz CT molecular complexity index is 698. The fourth-order valence-electron chi connectivity index (χ4n) is 3.76. The molecular weight excluding hydrogens is 318 g/mol. The van der Waals surface area contributed by atoms with Gasteiger partial charge in [-0.2, -0.15) is 5.10 Å². The van der Waals surface area contributed by atoms with Crippen molar-refractivity contribution in [2.24, 2.45) is 11.0 Å². The third kappa shape index (κ3) is 3.67. The van der Waals surface area contributed by atoms with Crippen molar-refractivity contribution in [2.75, 3.05) is 11.6 Å². The van der Waals surface area contributed by atoms with Crippen molar-refractivity contribution in [3.05, 3.63) is 29.8 Å². The van der Waals surface area contributed by atoms with Crippen LogP contribution in [0.4, 0.5) is 5.69 Å². The van der Waals surface area contributed by atoms with Crippen molar-refractivity contribution in [3.63, 3.8) is 0 Å². The Balaban J connectivity index is 1.71. The van der Waals surface area contributed by atoms with Crippen molar-refractivity contribution in [3.8, 4) is 0 Å². The van der Waals surface area contributed by atoms with Crippen molar-refractivity contribution < 1.29 is 14.7 Å². The first-order valence-corrected chi connectivity index (χ1v) is 8.86. The maximum atomic E-state index is 12.6. The standard InChI is InChI=1S/C19H25N3O3/c1-13-10-12-22(21-13)15-8-6-14(7-9-15)17(23)20-19(2)11-4-3-5-16(19)18(24)25/h6-9,16H,3-5,10-12H2,1-2H3,(H,20,23)(H,24,25). The molecule has 1 aromatic rings. The van der Waals surface area contributed by atoms with Crippen LogP contribution in [0.5, 0.6) is 0 Å². The first-order chi connectivity index (χ1) is 11.9. The Labute approximate surface area is 147 Å². The quantitative estimate of drug-likeness (QED) is 0.880. The molecule has 2 aliphatic rings. The molecule has 2 N–H and O–H groups in total. The molecule has 6 nitrogen and oxygen atoms in total. The molecule has 0 saturated heterocycles. The highest BCUT2D eigenvalue weighted by molar-refractivity contribution is 5.95. The third-order valence-corrected chi connectivity index (χ3v) is 5.31. The minimum Gasteiger partial charge on any atom is -0.481 e. The first-order valence-electron chi connectivity index (χ1n) is 8.86. The molecule has 1 aliphatic heterocycles. The molecular formula is C19H25N3O3. The number of amides is 1. The summed E-state index contributed by atoms with van der Waals surface area (Å²) in [5.41, 5.74) is 1.91. The average Bonchev–Trinajstić information content (AvgIpc) is 3.01. The molecule has 2 unspecified atom stereocenters. The molecule has 1 saturated carbocycles. The number of carbonyl (C=O) groups is 2. The summed E-state index contributed by atoms with van der Waals surface area (Å²) in [4.78, 5) is 24.2. The van der Waals surface area contributed by atoms with E-state index < -0.39 is 17.4 Å². The van der Waals surface area contributed by atoms with Crippen LogP contribution in [0.2, 0.25) is 0 Å². The SMILES string of the molecule is CC1=NN(c2ccc(C(=O)NC3(C)CCCCC3C(=O)O)cc2)CC1. The van der Waals surface area contributed by atoms with Gasteiger partial charge in [-0.3, -0.25) is 14.6 Å². The molecule has 2 atom stereocenters. The monoisotopic (exact) mass is 343 g/mol. The van der Waals surface area contributed by atoms with Crippen LogP contribution in [0.3, 0.4) is 0 Å². The van der Waals surface area contributed by atoms with Gasteiger partial charge < -0.3 is 10.4 Å². The van der Waals surface area contributed by atoms with Gasteiger partial charge in [0.2, 0.25) is 0 Å². The Kier molecular flexibility index (Phi) is 4.79. The maximum absolute atomic E-state index is 12.6. The lowest BCUT2D eigenvalue weighted by Crippen LogP contribution is -2.55. The number of hydrogen-bond donors (Lipinski definition) is 2. The van der Waals surface area contributed by atoms with Gasteiger partial charge >= 0.3 is 5.97 Å². The van der Waals surface area contributed by atoms with E-state index in [2.05, 4.69) is 10.4 Å². The molecule has 25 heavy (non-hydrogen) atoms. The molecule has 0 aromatic heterocycles. The van der Waals surface area contributed by atoms with E-state index in [1.54, 1.807) is 12.1 Å². The number of hydrazone groups is 1. The number of hydrogen-bond acceptors (Lipinski definition) is 4. The second-order valence-corrected chi connectivity index (χ2v) is 7.26. The van der Waals surface area contributed by atoms with Crippen molar-refractivity contribution >= 4 is 23.3 Å². The van der Waals surface area contributed by atoms with Gasteiger partial charge in [-0.15, -0.1) is 0 Å². The van der Waals surface area contributed by atoms with Crippen LogP contribution in [0.15, 0.2) is 29.4 Å². The van der Waals surface area contributed by atoms with Gasteiger partial charge in [0.15, 0.2) is 0 Å². The lowest BCUT2D eigenvalue weighted by Gasteiger charge is -2.39. The molecule has 0 bridgehead atoms. The van der Waals surface area contributed by atoms with E-state index in [-0.39, 0.29) is 5.91 Å². The van der Waals surface area contributed by atoms with Crippen LogP contribution in [0.25, 0.3) is 0 Å². The largest absolute Gasteiger partial charge is 0.481 e. The summed E-state index contributed by atoms with van der Waals surface area (Å²) in [7, 11) is 0. The maximum Gasteiger partial charge on any atom is 0.308 e. The summed E-state index contributed by atoms with van der Waals surface area (Å²) in [6, 6.07) is 7.31. The number of nitrogens with zero attached hydrogens (tertiary/aromatic N) is 2. The third-order valence-electron chi connectivity index (χ3n) is 5.31. The number of nitrogens with one attached hydrogen (secondary N) is 1. The number of carbonyl (C=O) groups excluding carboxylic acids is 1. The number of carboxylic acid groups (broad SMARTS) is 1. The van der Waals surface area contributed by atoms with Crippen LogP contribution >= 0.6 is 0 Å². The summed E-state index contributed by atoms with van der Waals surface area (Å²) in [6.07, 6.45) is 4.09. The smallest absolute Gasteiger partial charge is 0.308 e. The van der Waals surface area contributed by atoms with E-state index in [1.807, 2.05) is 31.0 Å². The van der Waals surface area contributed by atoms with Crippen molar-refractivity contribution in [1.29, 1.82) is 0 Å². The van der Waals surface area contributed by atoms with Crippen molar-refractivity contribution in [2.45, 2.75) is 51.5 Å². The van der Waals surface area contributed by atoms with Crippen LogP contribution in [0, 0.1) is 5.92 Å². The predicted octanol–water partition coefficient (Wildman–Crippen LogP) is 3.04. The minimum absolute atomic E-state index is 0.219. The van der Waals surface area contributed by atoms with Crippen LogP contribution in [-0.4, -0.2) is 34.8 Å². The highest BCUT2D eigenvalue weighted by Gasteiger charge is 2.42. The van der Waals surface area contributed by atoms with E-state index in [4.69, 9.17) is 0 Å². The molecule has 0 spiro atoms. The lowest BCUT2D eigenvalue weighted by atomic mass is 9.73. The summed E-state index contributed by atoms with van der Waals surface area (Å²) < 4.78 is 0. The second-order valence-electron chi connectivity index (χ2n) is 7.26. The molecule has 3 rings (SSSR count). The topological polar surface area (TPSA) is 82.0 Å². The molecule has 6 heteroatoms. The van der Waals surface area contributed by atoms with Crippen molar-refractivity contribution in [1.82, 2.24) is 5.32 Å². The van der Waals surface area contributed by atoms with Crippen LogP contribution in [-0.2, 0) is 4.79 Å². The molecule has 1 amide bonds. The predicted molar refractivity (Wildman–Crippen MR) is 97.0 cm³/mol. The molecule has 1 heterocycles. The fraction of sp³-hybridized carbons (Fsp3) is 0.526. The highest BCUT2D eigenvalue weighted by atomic mass is 16.4. The molecule has 1 fully saturated rings. The Morgan fingerprint density at radius 3 is 2.60 bits per heavy atom. The van der Waals surface area contributed by atoms with Gasteiger partial charge in [0.05, 0.1) is 17.1 Å². The summed E-state index contributed by atoms with van der Waals surface area (Å²) in [6.45, 7) is 4.71. The van der Waals surface area contributed by atoms with Gasteiger partial charge in [-0.05, 0) is 51.0 Å². The lowest BCUT2D eigenvalue weighted by molar-refractivity contribution is -0.145. The van der Waals surface area contributed by atoms with E-state index in [9.17, 15) is 14.7 Å². The highest BCUT2D eigenvalue weighted by Crippen LogP contribution is 2.34. The van der Waals surface area contributed by atoms with Gasteiger partial charge in [-0.1, -0.05) is 12.8 Å². The van der Waals surface area contributed by atoms with Crippen LogP contribution < -0.4 is 10.3 Å². The normalized spacial score (nSPS) is 26.2. The van der Waals surface area contributed by atoms with Gasteiger partial charge in [0.25, 0.3) is 5.91 Å². The van der Waals surface area contributed by atoms with E-state index in [0.717, 1.165) is 37.2 Å². The summed E-state index contributed by atoms with van der Waals surface area (Å²) >= 11 is 0. The number of anilines is 1. The minimum atomic E-state index is -0.833. The average molecular weight is 343 g/mol. The second kappa shape index (κ2) is 6.86. The van der Waals surface area contributed by atoms with E-state index in [1.165, 1.54) is 0 Å². The number of benzene rings is 1. The molecule has 1 aromatic carbocycles. The zero-order valence-corrected chi connectivity index (χ0v) is 14.8. The number of aliphatic carboxylic acids is 1. The zero-order chi connectivity index (χ0) is 18.0. The van der Waals surface area contributed by atoms with E-state index >= 15 is 0 Å². The zero-order valence-electron chi connectivity index (χ0n) is 14.8. The fourth-order valence-corrected chi connectivity index (χ4v) is 3.76. The van der Waals surface area contributed by atoms with Crippen LogP contribution in [0.1, 0.15) is 56.3 Å². The Morgan fingerprint density at radius 1 is 1.28 bits per heavy atom. The Hall–Kier alpha value is -2.37. The summed E-state index contributed by atoms with van der Waals surface area (Å²) in [5.74, 6) is -1.59. The van der Waals surface area contributed by atoms with Gasteiger partial charge in [0, 0.05) is 24.2 Å². The number of carboxylic acids is 1. The Morgan fingerprint density at radius 2 is 2.00 bits per heavy atom. The molecule has 134 valence electrons. The number of rotatable bonds is 4. The molecule has 1 aliphatic carbocycles. The molecule has 0 radical (unpaired) electrons. The van der Waals surface area contributed by atoms with Gasteiger partial charge in [0.1, 0.15) is 0 Å². The summed E-state index contributed by atoms with van der Waals surface area (Å²) in [5, 5.41) is 18.8. The van der Waals surface area contributed by atoms with E-state index in [0.29, 0.717) is 18.4 Å².